The van der Waals surface area contributed by atoms with Crippen molar-refractivity contribution < 1.29 is 14.6 Å². The fourth-order valence-corrected chi connectivity index (χ4v) is 1.66. The van der Waals surface area contributed by atoms with E-state index in [0.29, 0.717) is 24.5 Å². The number of ether oxygens (including phenoxy) is 2. The van der Waals surface area contributed by atoms with E-state index in [2.05, 4.69) is 12.5 Å². The van der Waals surface area contributed by atoms with Crippen molar-refractivity contribution >= 4 is 0 Å². The van der Waals surface area contributed by atoms with Crippen LogP contribution in [0.5, 0.6) is 11.5 Å². The normalized spacial score (nSPS) is 9.61. The number of aliphatic hydroxyl groups is 1. The Morgan fingerprint density at radius 2 is 2.22 bits per heavy atom. The number of terminal acetylenes is 1. The molecule has 0 spiro atoms. The number of hydrogen-bond acceptors (Lipinski definition) is 3. The smallest absolute Gasteiger partial charge is 0.166 e. The Bertz CT molecular complexity index is 444. The molecule has 3 nitrogen and oxygen atoms in total. The summed E-state index contributed by atoms with van der Waals surface area (Å²) in [6.45, 7) is 6.27. The van der Waals surface area contributed by atoms with Crippen LogP contribution in [0.4, 0.5) is 0 Å². The molecule has 1 N–H and O–H groups in total. The molecule has 0 radical (unpaired) electrons. The number of aliphatic hydroxyl groups excluding tert-OH is 1. The van der Waals surface area contributed by atoms with Crippen LogP contribution in [0.2, 0.25) is 0 Å². The summed E-state index contributed by atoms with van der Waals surface area (Å²) in [5, 5.41) is 9.24. The second kappa shape index (κ2) is 7.41. The molecule has 18 heavy (non-hydrogen) atoms. The van der Waals surface area contributed by atoms with E-state index in [-0.39, 0.29) is 13.2 Å². The van der Waals surface area contributed by atoms with Crippen LogP contribution in [-0.2, 0) is 13.0 Å². The molecule has 1 aromatic rings. The number of allylic oxidation sites excluding steroid dienone is 1. The van der Waals surface area contributed by atoms with E-state index >= 15 is 0 Å². The zero-order valence-corrected chi connectivity index (χ0v) is 10.6. The third kappa shape index (κ3) is 3.54. The van der Waals surface area contributed by atoms with E-state index in [0.717, 1.165) is 11.1 Å². The van der Waals surface area contributed by atoms with Crippen molar-refractivity contribution in [2.45, 2.75) is 20.0 Å². The first-order valence-corrected chi connectivity index (χ1v) is 5.83. The van der Waals surface area contributed by atoms with Crippen molar-refractivity contribution in [1.82, 2.24) is 0 Å². The van der Waals surface area contributed by atoms with Crippen molar-refractivity contribution in [2.24, 2.45) is 0 Å². The summed E-state index contributed by atoms with van der Waals surface area (Å²) in [7, 11) is 0. The van der Waals surface area contributed by atoms with Crippen molar-refractivity contribution in [1.29, 1.82) is 0 Å². The van der Waals surface area contributed by atoms with E-state index in [1.54, 1.807) is 12.1 Å². The van der Waals surface area contributed by atoms with Gasteiger partial charge in [0.05, 0.1) is 13.2 Å². The third-order valence-corrected chi connectivity index (χ3v) is 2.34. The molecule has 0 bridgehead atoms. The van der Waals surface area contributed by atoms with Gasteiger partial charge in [0.2, 0.25) is 0 Å². The molecule has 0 saturated heterocycles. The molecule has 96 valence electrons. The minimum Gasteiger partial charge on any atom is -0.490 e. The van der Waals surface area contributed by atoms with Gasteiger partial charge in [-0.25, -0.2) is 0 Å². The summed E-state index contributed by atoms with van der Waals surface area (Å²) >= 11 is 0. The molecule has 0 aliphatic carbocycles. The van der Waals surface area contributed by atoms with Crippen LogP contribution in [0.15, 0.2) is 24.8 Å². The summed E-state index contributed by atoms with van der Waals surface area (Å²) in [5.74, 6) is 3.67. The van der Waals surface area contributed by atoms with Gasteiger partial charge in [-0.15, -0.1) is 13.0 Å². The quantitative estimate of drug-likeness (QED) is 0.592. The van der Waals surface area contributed by atoms with Gasteiger partial charge in [0.1, 0.15) is 6.61 Å². The Morgan fingerprint density at radius 1 is 1.44 bits per heavy atom. The second-order valence-electron chi connectivity index (χ2n) is 3.66. The molecule has 0 aliphatic heterocycles. The van der Waals surface area contributed by atoms with Crippen molar-refractivity contribution in [2.75, 3.05) is 13.2 Å². The van der Waals surface area contributed by atoms with Crippen LogP contribution in [0.1, 0.15) is 18.1 Å². The van der Waals surface area contributed by atoms with Crippen LogP contribution >= 0.6 is 0 Å². The Labute approximate surface area is 108 Å². The zero-order valence-electron chi connectivity index (χ0n) is 10.6. The molecule has 1 aromatic carbocycles. The van der Waals surface area contributed by atoms with Crippen molar-refractivity contribution in [3.63, 3.8) is 0 Å². The summed E-state index contributed by atoms with van der Waals surface area (Å²) in [5.41, 5.74) is 1.69. The summed E-state index contributed by atoms with van der Waals surface area (Å²) in [6, 6.07) is 3.64. The molecule has 0 atom stereocenters. The molecular formula is C15H18O3. The van der Waals surface area contributed by atoms with Crippen LogP contribution in [0.25, 0.3) is 0 Å². The molecule has 0 unspecified atom stereocenters. The first kappa shape index (κ1) is 14.1. The minimum absolute atomic E-state index is 0.0420. The number of benzene rings is 1. The third-order valence-electron chi connectivity index (χ3n) is 2.34. The second-order valence-corrected chi connectivity index (χ2v) is 3.66. The van der Waals surface area contributed by atoms with E-state index in [9.17, 15) is 5.11 Å². The molecule has 1 rings (SSSR count). The van der Waals surface area contributed by atoms with Gasteiger partial charge in [-0.2, -0.15) is 0 Å². The lowest BCUT2D eigenvalue weighted by Crippen LogP contribution is -2.03. The van der Waals surface area contributed by atoms with Crippen LogP contribution in [0.3, 0.4) is 0 Å². The lowest BCUT2D eigenvalue weighted by Gasteiger charge is -2.15. The Balaban J connectivity index is 3.20. The molecule has 0 aromatic heterocycles. The monoisotopic (exact) mass is 246 g/mol. The van der Waals surface area contributed by atoms with Crippen molar-refractivity contribution in [3.05, 3.63) is 35.9 Å². The Hall–Kier alpha value is -1.92. The Kier molecular flexibility index (Phi) is 5.83. The van der Waals surface area contributed by atoms with Gasteiger partial charge in [0.25, 0.3) is 0 Å². The van der Waals surface area contributed by atoms with Crippen LogP contribution in [0, 0.1) is 12.3 Å². The van der Waals surface area contributed by atoms with Gasteiger partial charge in [0, 0.05) is 5.56 Å². The van der Waals surface area contributed by atoms with Gasteiger partial charge < -0.3 is 14.6 Å². The maximum absolute atomic E-state index is 9.24. The van der Waals surface area contributed by atoms with E-state index in [1.807, 2.05) is 13.0 Å². The molecule has 3 heteroatoms. The van der Waals surface area contributed by atoms with Gasteiger partial charge in [0.15, 0.2) is 11.5 Å². The molecular weight excluding hydrogens is 228 g/mol. The van der Waals surface area contributed by atoms with E-state index in [1.165, 1.54) is 0 Å². The zero-order chi connectivity index (χ0) is 13.4. The first-order chi connectivity index (χ1) is 8.76. The highest BCUT2D eigenvalue weighted by Crippen LogP contribution is 2.33. The van der Waals surface area contributed by atoms with Gasteiger partial charge in [-0.1, -0.05) is 12.0 Å². The highest BCUT2D eigenvalue weighted by molar-refractivity contribution is 5.50. The predicted octanol–water partition coefficient (Wildman–Crippen LogP) is 2.32. The predicted molar refractivity (Wildman–Crippen MR) is 71.8 cm³/mol. The van der Waals surface area contributed by atoms with Gasteiger partial charge >= 0.3 is 0 Å². The number of rotatable bonds is 7. The van der Waals surface area contributed by atoms with E-state index < -0.39 is 0 Å². The lowest BCUT2D eigenvalue weighted by molar-refractivity contribution is 0.275. The number of hydrogen-bond donors (Lipinski definition) is 1. The topological polar surface area (TPSA) is 38.7 Å². The molecule has 0 amide bonds. The van der Waals surface area contributed by atoms with Gasteiger partial charge in [-0.3, -0.25) is 0 Å². The van der Waals surface area contributed by atoms with Gasteiger partial charge in [-0.05, 0) is 31.0 Å². The SMILES string of the molecule is C#CCOc1c(CC=C)cc(CO)cc1OCC. The van der Waals surface area contributed by atoms with Crippen molar-refractivity contribution in [3.8, 4) is 23.8 Å². The first-order valence-electron chi connectivity index (χ1n) is 5.83. The molecule has 0 aliphatic rings. The maximum Gasteiger partial charge on any atom is 0.166 e. The average molecular weight is 246 g/mol. The molecule has 0 heterocycles. The minimum atomic E-state index is -0.0420. The maximum atomic E-state index is 9.24. The summed E-state index contributed by atoms with van der Waals surface area (Å²) < 4.78 is 11.1. The molecule has 0 fully saturated rings. The standard InChI is InChI=1S/C15H18O3/c1-4-7-13-9-12(11-16)10-14(17-6-3)15(13)18-8-5-2/h2,4,9-10,16H,1,6-8,11H2,3H3. The molecule has 0 saturated carbocycles. The lowest BCUT2D eigenvalue weighted by atomic mass is 10.1. The summed E-state index contributed by atoms with van der Waals surface area (Å²) in [6.07, 6.45) is 7.61. The van der Waals surface area contributed by atoms with Crippen LogP contribution < -0.4 is 9.47 Å². The largest absolute Gasteiger partial charge is 0.490 e. The highest BCUT2D eigenvalue weighted by Gasteiger charge is 2.12. The summed E-state index contributed by atoms with van der Waals surface area (Å²) in [4.78, 5) is 0. The highest BCUT2D eigenvalue weighted by atomic mass is 16.5. The van der Waals surface area contributed by atoms with E-state index in [4.69, 9.17) is 15.9 Å². The average Bonchev–Trinajstić information content (AvgIpc) is 2.38. The fourth-order valence-electron chi connectivity index (χ4n) is 1.66. The van der Waals surface area contributed by atoms with Crippen LogP contribution in [-0.4, -0.2) is 18.3 Å². The fraction of sp³-hybridized carbons (Fsp3) is 0.333. The Morgan fingerprint density at radius 3 is 2.78 bits per heavy atom.